The van der Waals surface area contributed by atoms with Crippen molar-refractivity contribution in [1.29, 1.82) is 0 Å². The van der Waals surface area contributed by atoms with Crippen LogP contribution in [0.25, 0.3) is 11.1 Å². The lowest BCUT2D eigenvalue weighted by molar-refractivity contribution is 0.291. The van der Waals surface area contributed by atoms with E-state index in [0.717, 1.165) is 75.5 Å². The number of benzene rings is 5. The van der Waals surface area contributed by atoms with Gasteiger partial charge in [-0.25, -0.2) is 0 Å². The lowest BCUT2D eigenvalue weighted by Gasteiger charge is -2.23. The van der Waals surface area contributed by atoms with Crippen LogP contribution < -0.4 is 33.2 Å². The molecule has 5 rings (SSSR count). The van der Waals surface area contributed by atoms with E-state index in [-0.39, 0.29) is 0 Å². The first-order valence-electron chi connectivity index (χ1n) is 16.8. The molecule has 0 amide bonds. The minimum absolute atomic E-state index is 0.345. The van der Waals surface area contributed by atoms with Gasteiger partial charge >= 0.3 is 0 Å². The summed E-state index contributed by atoms with van der Waals surface area (Å²) in [5.74, 6) is 5.11. The highest BCUT2D eigenvalue weighted by atomic mass is 79.9. The van der Waals surface area contributed by atoms with E-state index < -0.39 is 0 Å². The number of unbranched alkanes of at least 4 members (excludes halogenated alkanes) is 1. The van der Waals surface area contributed by atoms with Crippen molar-refractivity contribution in [2.75, 3.05) is 28.4 Å². The van der Waals surface area contributed by atoms with Gasteiger partial charge in [0, 0.05) is 17.0 Å². The molecule has 0 atom stereocenters. The summed E-state index contributed by atoms with van der Waals surface area (Å²) in [6, 6.07) is 31.8. The number of aryl methyl sites for hydroxylation is 1. The smallest absolute Gasteiger partial charge is 0.131 e. The molecule has 7 nitrogen and oxygen atoms in total. The van der Waals surface area contributed by atoms with E-state index in [4.69, 9.17) is 33.2 Å². The van der Waals surface area contributed by atoms with Gasteiger partial charge in [0.15, 0.2) is 0 Å². The summed E-state index contributed by atoms with van der Waals surface area (Å²) < 4.78 is 41.9. The summed E-state index contributed by atoms with van der Waals surface area (Å²) in [4.78, 5) is 0. The standard InChI is InChI=1S/C43H45BrO7/c1-6-7-8-9-34-24-38(49-27-30-10-16-35(45-2)17-11-30)25-39(48-5)42(34)43-40(50-28-31-12-18-36(46-3)19-13-31)22-33(26-44)23-41(43)51-29-32-14-20-37(47-4)21-15-32/h6,10-25H,1,7-9,26-29H2,2-5H3. The molecule has 0 bridgehead atoms. The quantitative estimate of drug-likeness (QED) is 0.0473. The van der Waals surface area contributed by atoms with Crippen LogP contribution in [0.15, 0.2) is 110 Å². The van der Waals surface area contributed by atoms with Crippen molar-refractivity contribution >= 4 is 15.9 Å². The summed E-state index contributed by atoms with van der Waals surface area (Å²) in [7, 11) is 6.66. The largest absolute Gasteiger partial charge is 0.497 e. The van der Waals surface area contributed by atoms with Crippen molar-refractivity contribution in [1.82, 2.24) is 0 Å². The van der Waals surface area contributed by atoms with E-state index in [1.54, 1.807) is 28.4 Å². The molecule has 0 aliphatic carbocycles. The molecule has 266 valence electrons. The Morgan fingerprint density at radius 3 is 1.39 bits per heavy atom. The van der Waals surface area contributed by atoms with Crippen molar-refractivity contribution in [3.63, 3.8) is 0 Å². The fourth-order valence-electron chi connectivity index (χ4n) is 5.66. The highest BCUT2D eigenvalue weighted by Crippen LogP contribution is 2.48. The molecule has 0 unspecified atom stereocenters. The highest BCUT2D eigenvalue weighted by molar-refractivity contribution is 9.08. The lowest BCUT2D eigenvalue weighted by Crippen LogP contribution is -2.05. The van der Waals surface area contributed by atoms with Gasteiger partial charge in [-0.15, -0.1) is 6.58 Å². The van der Waals surface area contributed by atoms with Crippen LogP contribution in [0.4, 0.5) is 0 Å². The second-order valence-corrected chi connectivity index (χ2v) is 12.4. The van der Waals surface area contributed by atoms with E-state index in [1.807, 2.05) is 84.9 Å². The maximum Gasteiger partial charge on any atom is 0.131 e. The third-order valence-corrected chi connectivity index (χ3v) is 9.08. The molecule has 8 heteroatoms. The Morgan fingerprint density at radius 2 is 0.980 bits per heavy atom. The second-order valence-electron chi connectivity index (χ2n) is 11.9. The molecular formula is C43H45BrO7. The van der Waals surface area contributed by atoms with Crippen molar-refractivity contribution in [2.45, 2.75) is 44.4 Å². The number of rotatable bonds is 19. The van der Waals surface area contributed by atoms with E-state index in [2.05, 4.69) is 40.7 Å². The van der Waals surface area contributed by atoms with Gasteiger partial charge < -0.3 is 33.2 Å². The second kappa shape index (κ2) is 18.8. The van der Waals surface area contributed by atoms with Crippen molar-refractivity contribution < 1.29 is 33.2 Å². The Bertz CT molecular complexity index is 1780. The first-order chi connectivity index (χ1) is 25.0. The van der Waals surface area contributed by atoms with Crippen LogP contribution >= 0.6 is 15.9 Å². The summed E-state index contributed by atoms with van der Waals surface area (Å²) >= 11 is 3.67. The normalized spacial score (nSPS) is 10.7. The number of alkyl halides is 1. The van der Waals surface area contributed by atoms with Crippen LogP contribution in [-0.2, 0) is 31.6 Å². The third kappa shape index (κ3) is 10.0. The van der Waals surface area contributed by atoms with E-state index in [0.29, 0.717) is 48.1 Å². The zero-order valence-corrected chi connectivity index (χ0v) is 31.3. The Hall–Kier alpha value is -5.08. The predicted octanol–water partition coefficient (Wildman–Crippen LogP) is 10.5. The van der Waals surface area contributed by atoms with E-state index in [9.17, 15) is 0 Å². The molecule has 0 aliphatic rings. The SMILES string of the molecule is C=CCCCc1cc(OCc2ccc(OC)cc2)cc(OC)c1-c1c(OCc2ccc(OC)cc2)cc(CBr)cc1OCc1ccc(OC)cc1. The van der Waals surface area contributed by atoms with Gasteiger partial charge in [0.05, 0.1) is 34.0 Å². The monoisotopic (exact) mass is 752 g/mol. The molecule has 5 aromatic rings. The maximum absolute atomic E-state index is 6.68. The van der Waals surface area contributed by atoms with Gasteiger partial charge in [-0.05, 0) is 102 Å². The van der Waals surface area contributed by atoms with Gasteiger partial charge in [0.1, 0.15) is 60.1 Å². The minimum atomic E-state index is 0.345. The van der Waals surface area contributed by atoms with Gasteiger partial charge in [0.25, 0.3) is 0 Å². The maximum atomic E-state index is 6.68. The van der Waals surface area contributed by atoms with Gasteiger partial charge in [0.2, 0.25) is 0 Å². The summed E-state index contributed by atoms with van der Waals surface area (Å²) in [5.41, 5.74) is 6.82. The summed E-state index contributed by atoms with van der Waals surface area (Å²) in [5, 5.41) is 0.618. The zero-order chi connectivity index (χ0) is 36.0. The molecule has 0 fully saturated rings. The number of hydrogen-bond acceptors (Lipinski definition) is 7. The van der Waals surface area contributed by atoms with E-state index >= 15 is 0 Å². The molecule has 0 radical (unpaired) electrons. The molecule has 0 N–H and O–H groups in total. The predicted molar refractivity (Wildman–Crippen MR) is 206 cm³/mol. The van der Waals surface area contributed by atoms with Crippen LogP contribution in [0.3, 0.4) is 0 Å². The Morgan fingerprint density at radius 1 is 0.510 bits per heavy atom. The molecule has 0 aliphatic heterocycles. The number of ether oxygens (including phenoxy) is 7. The van der Waals surface area contributed by atoms with Crippen molar-refractivity contribution in [3.8, 4) is 51.4 Å². The first kappa shape index (κ1) is 37.2. The minimum Gasteiger partial charge on any atom is -0.497 e. The zero-order valence-electron chi connectivity index (χ0n) is 29.7. The molecule has 5 aromatic carbocycles. The number of methoxy groups -OCH3 is 4. The average molecular weight is 754 g/mol. The Kier molecular flexibility index (Phi) is 13.7. The van der Waals surface area contributed by atoms with Crippen LogP contribution in [0.1, 0.15) is 40.7 Å². The first-order valence-corrected chi connectivity index (χ1v) is 17.9. The topological polar surface area (TPSA) is 64.6 Å². The van der Waals surface area contributed by atoms with Crippen LogP contribution in [0.2, 0.25) is 0 Å². The molecule has 0 aromatic heterocycles. The fourth-order valence-corrected chi connectivity index (χ4v) is 5.98. The van der Waals surface area contributed by atoms with Gasteiger partial charge in [-0.2, -0.15) is 0 Å². The van der Waals surface area contributed by atoms with Crippen molar-refractivity contribution in [2.24, 2.45) is 0 Å². The van der Waals surface area contributed by atoms with Crippen LogP contribution in [-0.4, -0.2) is 28.4 Å². The van der Waals surface area contributed by atoms with Crippen LogP contribution in [0, 0.1) is 0 Å². The van der Waals surface area contributed by atoms with Gasteiger partial charge in [-0.1, -0.05) is 58.4 Å². The van der Waals surface area contributed by atoms with E-state index in [1.165, 1.54) is 0 Å². The molecule has 0 spiro atoms. The lowest BCUT2D eigenvalue weighted by atomic mass is 9.92. The average Bonchev–Trinajstić information content (AvgIpc) is 3.18. The Labute approximate surface area is 309 Å². The summed E-state index contributed by atoms with van der Waals surface area (Å²) in [6.07, 6.45) is 4.46. The molecule has 51 heavy (non-hydrogen) atoms. The summed E-state index contributed by atoms with van der Waals surface area (Å²) in [6.45, 7) is 5.04. The number of allylic oxidation sites excluding steroid dienone is 1. The third-order valence-electron chi connectivity index (χ3n) is 8.43. The highest BCUT2D eigenvalue weighted by Gasteiger charge is 2.24. The molecule has 0 saturated heterocycles. The van der Waals surface area contributed by atoms with Gasteiger partial charge in [-0.3, -0.25) is 0 Å². The molecule has 0 saturated carbocycles. The number of halogens is 1. The molecule has 0 heterocycles. The fraction of sp³-hybridized carbons (Fsp3) is 0.256. The van der Waals surface area contributed by atoms with Crippen molar-refractivity contribution in [3.05, 3.63) is 138 Å². The number of hydrogen-bond donors (Lipinski definition) is 0. The van der Waals surface area contributed by atoms with Crippen LogP contribution in [0.5, 0.6) is 40.2 Å². The molecular weight excluding hydrogens is 708 g/mol. The Balaban J connectivity index is 1.60.